The molecule has 0 radical (unpaired) electrons. The van der Waals surface area contributed by atoms with Gasteiger partial charge in [-0.15, -0.1) is 4.99 Å². The molecule has 0 unspecified atom stereocenters. The first kappa shape index (κ1) is 9.83. The van der Waals surface area contributed by atoms with Crippen LogP contribution < -0.4 is 0 Å². The lowest BCUT2D eigenvalue weighted by Crippen LogP contribution is -1.71. The van der Waals surface area contributed by atoms with E-state index in [1.54, 1.807) is 6.07 Å². The van der Waals surface area contributed by atoms with E-state index in [1.165, 1.54) is 6.08 Å². The second-order valence-corrected chi connectivity index (χ2v) is 3.68. The summed E-state index contributed by atoms with van der Waals surface area (Å²) >= 11 is 3.33. The van der Waals surface area contributed by atoms with Crippen LogP contribution in [-0.4, -0.2) is 11.2 Å². The predicted molar refractivity (Wildman–Crippen MR) is 57.4 cm³/mol. The van der Waals surface area contributed by atoms with Gasteiger partial charge < -0.3 is 4.52 Å². The molecule has 0 saturated heterocycles. The van der Waals surface area contributed by atoms with Crippen molar-refractivity contribution in [3.63, 3.8) is 0 Å². The minimum atomic E-state index is 0.225. The Balaban J connectivity index is 2.37. The van der Waals surface area contributed by atoms with Crippen molar-refractivity contribution >= 4 is 27.8 Å². The summed E-state index contributed by atoms with van der Waals surface area (Å²) in [7, 11) is 0. The van der Waals surface area contributed by atoms with Gasteiger partial charge in [-0.05, 0) is 12.1 Å². The van der Waals surface area contributed by atoms with Crippen LogP contribution in [0.1, 0.15) is 0 Å². The van der Waals surface area contributed by atoms with Crippen molar-refractivity contribution in [3.8, 4) is 11.3 Å². The van der Waals surface area contributed by atoms with E-state index in [4.69, 9.17) is 4.52 Å². The molecule has 5 heteroatoms. The van der Waals surface area contributed by atoms with Crippen molar-refractivity contribution < 1.29 is 9.32 Å². The summed E-state index contributed by atoms with van der Waals surface area (Å²) in [5.74, 6) is 0.791. The quantitative estimate of drug-likeness (QED) is 0.619. The SMILES string of the molecule is O=C=Nc1cc(-c2ccc(Br)cc2)on1. The summed E-state index contributed by atoms with van der Waals surface area (Å²) in [6, 6.07) is 9.10. The summed E-state index contributed by atoms with van der Waals surface area (Å²) < 4.78 is 5.99. The van der Waals surface area contributed by atoms with E-state index in [0.29, 0.717) is 5.76 Å². The first-order valence-electron chi connectivity index (χ1n) is 4.10. The van der Waals surface area contributed by atoms with Crippen molar-refractivity contribution in [1.82, 2.24) is 5.16 Å². The van der Waals surface area contributed by atoms with Gasteiger partial charge in [0.1, 0.15) is 0 Å². The van der Waals surface area contributed by atoms with E-state index < -0.39 is 0 Å². The third-order valence-corrected chi connectivity index (χ3v) is 2.32. The summed E-state index contributed by atoms with van der Waals surface area (Å²) in [6.45, 7) is 0. The number of aliphatic imine (C=N–C) groups is 1. The van der Waals surface area contributed by atoms with Gasteiger partial charge in [0, 0.05) is 16.1 Å². The first-order chi connectivity index (χ1) is 7.29. The van der Waals surface area contributed by atoms with E-state index in [0.717, 1.165) is 10.0 Å². The molecule has 2 rings (SSSR count). The molecule has 0 aliphatic heterocycles. The highest BCUT2D eigenvalue weighted by molar-refractivity contribution is 9.10. The summed E-state index contributed by atoms with van der Waals surface area (Å²) in [4.78, 5) is 13.3. The zero-order chi connectivity index (χ0) is 10.7. The van der Waals surface area contributed by atoms with Gasteiger partial charge in [-0.3, -0.25) is 0 Å². The normalized spacial score (nSPS) is 9.67. The number of hydrogen-bond acceptors (Lipinski definition) is 4. The second-order valence-electron chi connectivity index (χ2n) is 2.76. The molecule has 1 aromatic heterocycles. The maximum Gasteiger partial charge on any atom is 0.242 e. The molecule has 1 aromatic carbocycles. The fourth-order valence-corrected chi connectivity index (χ4v) is 1.38. The molecule has 0 amide bonds. The van der Waals surface area contributed by atoms with Gasteiger partial charge in [-0.2, -0.15) is 0 Å². The van der Waals surface area contributed by atoms with Gasteiger partial charge in [0.2, 0.25) is 11.9 Å². The average Bonchev–Trinajstić information content (AvgIpc) is 2.68. The van der Waals surface area contributed by atoms with Crippen LogP contribution in [0, 0.1) is 0 Å². The highest BCUT2D eigenvalue weighted by Gasteiger charge is 2.05. The van der Waals surface area contributed by atoms with Crippen LogP contribution >= 0.6 is 15.9 Å². The van der Waals surface area contributed by atoms with Crippen molar-refractivity contribution in [2.45, 2.75) is 0 Å². The molecule has 0 bridgehead atoms. The molecule has 1 heterocycles. The van der Waals surface area contributed by atoms with Gasteiger partial charge >= 0.3 is 0 Å². The number of hydrogen-bond donors (Lipinski definition) is 0. The smallest absolute Gasteiger partial charge is 0.242 e. The average molecular weight is 265 g/mol. The van der Waals surface area contributed by atoms with E-state index in [2.05, 4.69) is 26.1 Å². The molecule has 2 aromatic rings. The van der Waals surface area contributed by atoms with Crippen LogP contribution in [0.3, 0.4) is 0 Å². The topological polar surface area (TPSA) is 55.5 Å². The van der Waals surface area contributed by atoms with E-state index in [9.17, 15) is 4.79 Å². The van der Waals surface area contributed by atoms with Gasteiger partial charge in [-0.1, -0.05) is 33.2 Å². The van der Waals surface area contributed by atoms with Crippen LogP contribution in [0.25, 0.3) is 11.3 Å². The highest BCUT2D eigenvalue weighted by atomic mass is 79.9. The number of isocyanates is 1. The van der Waals surface area contributed by atoms with E-state index in [-0.39, 0.29) is 5.82 Å². The van der Waals surface area contributed by atoms with Crippen LogP contribution in [0.4, 0.5) is 5.82 Å². The molecule has 0 aliphatic rings. The Morgan fingerprint density at radius 2 is 2.07 bits per heavy atom. The lowest BCUT2D eigenvalue weighted by atomic mass is 10.2. The maximum atomic E-state index is 9.99. The molecule has 0 fully saturated rings. The Kier molecular flexibility index (Phi) is 2.76. The predicted octanol–water partition coefficient (Wildman–Crippen LogP) is 3.07. The zero-order valence-corrected chi connectivity index (χ0v) is 9.06. The minimum absolute atomic E-state index is 0.225. The van der Waals surface area contributed by atoms with Crippen molar-refractivity contribution in [2.24, 2.45) is 4.99 Å². The zero-order valence-electron chi connectivity index (χ0n) is 7.48. The molecule has 74 valence electrons. The minimum Gasteiger partial charge on any atom is -0.354 e. The summed E-state index contributed by atoms with van der Waals surface area (Å²) in [5, 5.41) is 3.59. The van der Waals surface area contributed by atoms with Crippen LogP contribution in [0.5, 0.6) is 0 Å². The lowest BCUT2D eigenvalue weighted by Gasteiger charge is -1.93. The number of carbonyl (C=O) groups excluding carboxylic acids is 1. The molecular formula is C10H5BrN2O2. The second kappa shape index (κ2) is 4.21. The Hall–Kier alpha value is -1.71. The Morgan fingerprint density at radius 1 is 1.33 bits per heavy atom. The third-order valence-electron chi connectivity index (χ3n) is 1.79. The molecular weight excluding hydrogens is 260 g/mol. The molecule has 0 spiro atoms. The van der Waals surface area contributed by atoms with Gasteiger partial charge in [-0.25, -0.2) is 4.79 Å². The molecule has 0 N–H and O–H groups in total. The Morgan fingerprint density at radius 3 is 2.73 bits per heavy atom. The van der Waals surface area contributed by atoms with Crippen LogP contribution in [-0.2, 0) is 4.79 Å². The number of aromatic nitrogens is 1. The highest BCUT2D eigenvalue weighted by Crippen LogP contribution is 2.24. The molecule has 0 atom stereocenters. The van der Waals surface area contributed by atoms with Crippen molar-refractivity contribution in [1.29, 1.82) is 0 Å². The summed E-state index contributed by atoms with van der Waals surface area (Å²) in [6.07, 6.45) is 1.40. The largest absolute Gasteiger partial charge is 0.354 e. The van der Waals surface area contributed by atoms with Gasteiger partial charge in [0.05, 0.1) is 0 Å². The third kappa shape index (κ3) is 2.21. The maximum absolute atomic E-state index is 9.99. The van der Waals surface area contributed by atoms with Gasteiger partial charge in [0.15, 0.2) is 5.76 Å². The van der Waals surface area contributed by atoms with E-state index in [1.807, 2.05) is 24.3 Å². The molecule has 4 nitrogen and oxygen atoms in total. The Bertz CT molecular complexity index is 512. The Labute approximate surface area is 93.7 Å². The fraction of sp³-hybridized carbons (Fsp3) is 0. The van der Waals surface area contributed by atoms with Crippen molar-refractivity contribution in [2.75, 3.05) is 0 Å². The summed E-state index contributed by atoms with van der Waals surface area (Å²) in [5.41, 5.74) is 0.873. The van der Waals surface area contributed by atoms with Gasteiger partial charge in [0.25, 0.3) is 0 Å². The van der Waals surface area contributed by atoms with Crippen LogP contribution in [0.15, 0.2) is 44.3 Å². The standard InChI is InChI=1S/C10H5BrN2O2/c11-8-3-1-7(2-4-8)9-5-10(12-6-14)13-15-9/h1-5H. The lowest BCUT2D eigenvalue weighted by molar-refractivity contribution is 0.434. The monoisotopic (exact) mass is 264 g/mol. The number of rotatable bonds is 2. The molecule has 0 saturated carbocycles. The number of nitrogens with zero attached hydrogens (tertiary/aromatic N) is 2. The first-order valence-corrected chi connectivity index (χ1v) is 4.89. The molecule has 15 heavy (non-hydrogen) atoms. The van der Waals surface area contributed by atoms with E-state index >= 15 is 0 Å². The van der Waals surface area contributed by atoms with Crippen molar-refractivity contribution in [3.05, 3.63) is 34.8 Å². The van der Waals surface area contributed by atoms with Crippen LogP contribution in [0.2, 0.25) is 0 Å². The molecule has 0 aliphatic carbocycles. The fourth-order valence-electron chi connectivity index (χ4n) is 1.12. The number of halogens is 1. The number of benzene rings is 1.